The minimum absolute atomic E-state index is 0.319. The zero-order valence-corrected chi connectivity index (χ0v) is 19.7. The van der Waals surface area contributed by atoms with E-state index in [0.717, 1.165) is 61.4 Å². The number of amides is 2. The summed E-state index contributed by atoms with van der Waals surface area (Å²) in [5.74, 6) is -0.407. The van der Waals surface area contributed by atoms with Gasteiger partial charge in [-0.05, 0) is 55.1 Å². The summed E-state index contributed by atoms with van der Waals surface area (Å²) in [4.78, 5) is 32.9. The molecular formula is C23H23ClN6O2S. The van der Waals surface area contributed by atoms with Crippen molar-refractivity contribution < 1.29 is 9.59 Å². The number of anilines is 1. The molecule has 2 saturated heterocycles. The van der Waals surface area contributed by atoms with Crippen LogP contribution in [-0.4, -0.2) is 63.4 Å². The topological polar surface area (TPSA) is 82.8 Å². The molecule has 1 aromatic carbocycles. The van der Waals surface area contributed by atoms with E-state index in [1.165, 1.54) is 6.42 Å². The largest absolute Gasteiger partial charge is 0.368 e. The van der Waals surface area contributed by atoms with E-state index < -0.39 is 5.91 Å². The standard InChI is InChI=1S/C23H23ClN6O2S/c1-2-7-28-8-10-29(11-9-28)18-5-3-15(12-17(18)24)19-14-25-21-6-4-16(27-30(19)21)13-20-22(31)26-23(32)33-20/h3-6,12-14H,2,7-11H2,1H3,(H,26,31,32)/b20-13-. The van der Waals surface area contributed by atoms with Crippen LogP contribution >= 0.6 is 23.4 Å². The second-order valence-corrected chi connectivity index (χ2v) is 9.44. The number of piperazine rings is 1. The average Bonchev–Trinajstić information content (AvgIpc) is 3.36. The summed E-state index contributed by atoms with van der Waals surface area (Å²) in [5.41, 5.74) is 3.98. The van der Waals surface area contributed by atoms with E-state index in [4.69, 9.17) is 11.6 Å². The van der Waals surface area contributed by atoms with Crippen molar-refractivity contribution in [3.63, 3.8) is 0 Å². The number of imidazole rings is 1. The molecule has 2 aliphatic heterocycles. The second-order valence-electron chi connectivity index (χ2n) is 8.02. The lowest BCUT2D eigenvalue weighted by Crippen LogP contribution is -2.46. The molecule has 33 heavy (non-hydrogen) atoms. The highest BCUT2D eigenvalue weighted by Crippen LogP contribution is 2.32. The van der Waals surface area contributed by atoms with Crippen molar-refractivity contribution in [2.75, 3.05) is 37.6 Å². The average molecular weight is 483 g/mol. The lowest BCUT2D eigenvalue weighted by atomic mass is 10.1. The Hall–Kier alpha value is -2.88. The van der Waals surface area contributed by atoms with Crippen LogP contribution in [0, 0.1) is 0 Å². The Morgan fingerprint density at radius 3 is 2.67 bits per heavy atom. The molecular weight excluding hydrogens is 460 g/mol. The van der Waals surface area contributed by atoms with Crippen LogP contribution in [0.15, 0.2) is 41.4 Å². The molecule has 5 rings (SSSR count). The molecule has 2 amide bonds. The molecule has 0 atom stereocenters. The Morgan fingerprint density at radius 2 is 1.97 bits per heavy atom. The van der Waals surface area contributed by atoms with Gasteiger partial charge in [0.25, 0.3) is 11.1 Å². The molecule has 10 heteroatoms. The number of halogens is 1. The Labute approximate surface area is 200 Å². The summed E-state index contributed by atoms with van der Waals surface area (Å²) in [7, 11) is 0. The SMILES string of the molecule is CCCN1CCN(c2ccc(-c3cnc4ccc(/C=C5\SC(=O)NC5=O)nn34)cc2Cl)CC1. The highest BCUT2D eigenvalue weighted by Gasteiger charge is 2.25. The number of carbonyl (C=O) groups is 2. The van der Waals surface area contributed by atoms with E-state index in [1.54, 1.807) is 22.9 Å². The van der Waals surface area contributed by atoms with E-state index in [2.05, 4.69) is 38.2 Å². The van der Waals surface area contributed by atoms with Crippen LogP contribution in [-0.2, 0) is 4.79 Å². The first-order valence-electron chi connectivity index (χ1n) is 10.9. The molecule has 4 heterocycles. The van der Waals surface area contributed by atoms with Crippen LogP contribution in [0.25, 0.3) is 23.0 Å². The quantitative estimate of drug-likeness (QED) is 0.552. The number of carbonyl (C=O) groups excluding carboxylic acids is 2. The summed E-state index contributed by atoms with van der Waals surface area (Å²) in [6, 6.07) is 9.64. The van der Waals surface area contributed by atoms with Crippen molar-refractivity contribution in [3.8, 4) is 11.3 Å². The zero-order chi connectivity index (χ0) is 22.9. The number of nitrogens with one attached hydrogen (secondary N) is 1. The van der Waals surface area contributed by atoms with Crippen LogP contribution < -0.4 is 10.2 Å². The highest BCUT2D eigenvalue weighted by molar-refractivity contribution is 8.18. The maximum atomic E-state index is 11.9. The van der Waals surface area contributed by atoms with Gasteiger partial charge in [0.05, 0.1) is 33.2 Å². The normalized spacial score (nSPS) is 18.5. The van der Waals surface area contributed by atoms with Gasteiger partial charge in [-0.2, -0.15) is 5.10 Å². The van der Waals surface area contributed by atoms with Crippen molar-refractivity contribution in [3.05, 3.63) is 52.2 Å². The molecule has 0 bridgehead atoms. The zero-order valence-electron chi connectivity index (χ0n) is 18.1. The van der Waals surface area contributed by atoms with Gasteiger partial charge in [-0.1, -0.05) is 24.6 Å². The number of nitrogens with zero attached hydrogens (tertiary/aromatic N) is 5. The fourth-order valence-corrected chi connectivity index (χ4v) is 5.13. The van der Waals surface area contributed by atoms with Crippen LogP contribution in [0.1, 0.15) is 19.0 Å². The molecule has 2 fully saturated rings. The Kier molecular flexibility index (Phi) is 6.09. The van der Waals surface area contributed by atoms with Crippen LogP contribution in [0.3, 0.4) is 0 Å². The molecule has 3 aromatic rings. The minimum Gasteiger partial charge on any atom is -0.368 e. The van der Waals surface area contributed by atoms with Crippen LogP contribution in [0.4, 0.5) is 10.5 Å². The lowest BCUT2D eigenvalue weighted by Gasteiger charge is -2.36. The first kappa shape index (κ1) is 21.9. The van der Waals surface area contributed by atoms with Crippen LogP contribution in [0.5, 0.6) is 0 Å². The molecule has 2 aromatic heterocycles. The first-order valence-corrected chi connectivity index (χ1v) is 12.1. The number of thioether (sulfide) groups is 1. The number of aromatic nitrogens is 3. The molecule has 8 nitrogen and oxygen atoms in total. The fraction of sp³-hybridized carbons (Fsp3) is 0.304. The Balaban J connectivity index is 1.41. The summed E-state index contributed by atoms with van der Waals surface area (Å²) in [5, 5.41) is 7.19. The van der Waals surface area contributed by atoms with Crippen molar-refractivity contribution in [1.82, 2.24) is 24.8 Å². The molecule has 0 radical (unpaired) electrons. The molecule has 0 spiro atoms. The predicted molar refractivity (Wildman–Crippen MR) is 131 cm³/mol. The van der Waals surface area contributed by atoms with Gasteiger partial charge >= 0.3 is 0 Å². The Bertz CT molecular complexity index is 1270. The van der Waals surface area contributed by atoms with Gasteiger partial charge in [0.2, 0.25) is 0 Å². The van der Waals surface area contributed by atoms with E-state index >= 15 is 0 Å². The number of imide groups is 1. The molecule has 2 aliphatic rings. The monoisotopic (exact) mass is 482 g/mol. The Morgan fingerprint density at radius 1 is 1.15 bits per heavy atom. The van der Waals surface area contributed by atoms with E-state index in [-0.39, 0.29) is 5.24 Å². The number of fused-ring (bicyclic) bond motifs is 1. The lowest BCUT2D eigenvalue weighted by molar-refractivity contribution is -0.115. The van der Waals surface area contributed by atoms with Gasteiger partial charge < -0.3 is 4.90 Å². The minimum atomic E-state index is -0.407. The summed E-state index contributed by atoms with van der Waals surface area (Å²) < 4.78 is 1.72. The maximum Gasteiger partial charge on any atom is 0.290 e. The number of benzene rings is 1. The first-order chi connectivity index (χ1) is 16.0. The van der Waals surface area contributed by atoms with Crippen molar-refractivity contribution in [2.45, 2.75) is 13.3 Å². The van der Waals surface area contributed by atoms with E-state index in [9.17, 15) is 9.59 Å². The van der Waals surface area contributed by atoms with Gasteiger partial charge in [0.1, 0.15) is 0 Å². The van der Waals surface area contributed by atoms with Crippen LogP contribution in [0.2, 0.25) is 5.02 Å². The molecule has 0 unspecified atom stereocenters. The molecule has 0 saturated carbocycles. The highest BCUT2D eigenvalue weighted by atomic mass is 35.5. The fourth-order valence-electron chi connectivity index (χ4n) is 4.17. The number of rotatable bonds is 5. The smallest absolute Gasteiger partial charge is 0.290 e. The summed E-state index contributed by atoms with van der Waals surface area (Å²) >= 11 is 7.58. The van der Waals surface area contributed by atoms with E-state index in [0.29, 0.717) is 21.3 Å². The number of hydrogen-bond acceptors (Lipinski definition) is 7. The van der Waals surface area contributed by atoms with Crippen molar-refractivity contribution >= 4 is 51.9 Å². The third kappa shape index (κ3) is 4.48. The van der Waals surface area contributed by atoms with Crippen molar-refractivity contribution in [1.29, 1.82) is 0 Å². The van der Waals surface area contributed by atoms with Gasteiger partial charge in [0.15, 0.2) is 5.65 Å². The van der Waals surface area contributed by atoms with Gasteiger partial charge in [-0.25, -0.2) is 9.50 Å². The van der Waals surface area contributed by atoms with E-state index in [1.807, 2.05) is 18.2 Å². The molecule has 1 N–H and O–H groups in total. The second kappa shape index (κ2) is 9.17. The predicted octanol–water partition coefficient (Wildman–Crippen LogP) is 3.91. The summed E-state index contributed by atoms with van der Waals surface area (Å²) in [6.07, 6.45) is 4.53. The third-order valence-corrected chi connectivity index (χ3v) is 6.91. The maximum absolute atomic E-state index is 11.9. The molecule has 0 aliphatic carbocycles. The van der Waals surface area contributed by atoms with Gasteiger partial charge in [-0.15, -0.1) is 0 Å². The van der Waals surface area contributed by atoms with Gasteiger partial charge in [0, 0.05) is 31.7 Å². The number of hydrogen-bond donors (Lipinski definition) is 1. The molecule has 170 valence electrons. The van der Waals surface area contributed by atoms with Crippen molar-refractivity contribution in [2.24, 2.45) is 0 Å². The van der Waals surface area contributed by atoms with Gasteiger partial charge in [-0.3, -0.25) is 19.8 Å². The summed E-state index contributed by atoms with van der Waals surface area (Å²) in [6.45, 7) is 7.36. The third-order valence-electron chi connectivity index (χ3n) is 5.80.